The minimum absolute atomic E-state index is 0.0451. The van der Waals surface area contributed by atoms with E-state index in [2.05, 4.69) is 21.8 Å². The van der Waals surface area contributed by atoms with E-state index in [0.29, 0.717) is 37.9 Å². The number of nitrogens with zero attached hydrogens (tertiary/aromatic N) is 4. The van der Waals surface area contributed by atoms with Gasteiger partial charge in [0, 0.05) is 33.0 Å². The first-order valence-electron chi connectivity index (χ1n) is 11.7. The quantitative estimate of drug-likeness (QED) is 0.566. The van der Waals surface area contributed by atoms with Gasteiger partial charge in [-0.05, 0) is 43.4 Å². The highest BCUT2D eigenvalue weighted by Gasteiger charge is 2.30. The van der Waals surface area contributed by atoms with Gasteiger partial charge in [-0.1, -0.05) is 19.1 Å². The minimum atomic E-state index is -0.411. The van der Waals surface area contributed by atoms with Crippen LogP contribution < -0.4 is 14.5 Å². The lowest BCUT2D eigenvalue weighted by molar-refractivity contribution is -0.117. The Labute approximate surface area is 194 Å². The molecule has 0 bridgehead atoms. The van der Waals surface area contributed by atoms with E-state index in [-0.39, 0.29) is 23.8 Å². The van der Waals surface area contributed by atoms with Gasteiger partial charge in [-0.15, -0.1) is 0 Å². The van der Waals surface area contributed by atoms with Gasteiger partial charge in [-0.2, -0.15) is 4.98 Å². The van der Waals surface area contributed by atoms with Crippen molar-refractivity contribution >= 4 is 17.5 Å². The summed E-state index contributed by atoms with van der Waals surface area (Å²) in [5.74, 6) is 1.64. The number of aromatic nitrogens is 2. The highest BCUT2D eigenvalue weighted by atomic mass is 19.1. The van der Waals surface area contributed by atoms with Crippen molar-refractivity contribution in [3.05, 3.63) is 41.8 Å². The summed E-state index contributed by atoms with van der Waals surface area (Å²) < 4.78 is 26.1. The van der Waals surface area contributed by atoms with E-state index in [4.69, 9.17) is 9.47 Å². The number of rotatable bonds is 9. The van der Waals surface area contributed by atoms with Crippen LogP contribution in [0.2, 0.25) is 0 Å². The van der Waals surface area contributed by atoms with Gasteiger partial charge in [0.25, 0.3) is 0 Å². The van der Waals surface area contributed by atoms with Gasteiger partial charge in [0.1, 0.15) is 17.6 Å². The summed E-state index contributed by atoms with van der Waals surface area (Å²) in [6.07, 6.45) is 4.63. The third-order valence-corrected chi connectivity index (χ3v) is 6.50. The predicted octanol–water partition coefficient (Wildman–Crippen LogP) is 3.97. The molecule has 33 heavy (non-hydrogen) atoms. The summed E-state index contributed by atoms with van der Waals surface area (Å²) in [5.41, 5.74) is 1.12. The Morgan fingerprint density at radius 1 is 1.24 bits per heavy atom. The molecule has 1 aromatic heterocycles. The second-order valence-corrected chi connectivity index (χ2v) is 9.14. The van der Waals surface area contributed by atoms with Gasteiger partial charge in [-0.3, -0.25) is 0 Å². The maximum atomic E-state index is 14.6. The molecule has 3 heterocycles. The lowest BCUT2D eigenvalue weighted by Gasteiger charge is -2.26. The molecule has 0 spiro atoms. The molecule has 0 aliphatic carbocycles. The summed E-state index contributed by atoms with van der Waals surface area (Å²) >= 11 is 0. The molecule has 8 heteroatoms. The van der Waals surface area contributed by atoms with E-state index in [1.807, 2.05) is 29.2 Å². The highest BCUT2D eigenvalue weighted by molar-refractivity contribution is 5.76. The molecule has 0 amide bonds. The molecule has 4 rings (SSSR count). The molecular formula is C25H33FN4O3. The van der Waals surface area contributed by atoms with E-state index in [9.17, 15) is 9.18 Å². The second-order valence-electron chi connectivity index (χ2n) is 9.14. The van der Waals surface area contributed by atoms with Gasteiger partial charge >= 0.3 is 0 Å². The predicted molar refractivity (Wildman–Crippen MR) is 126 cm³/mol. The Bertz CT molecular complexity index is 955. The largest absolute Gasteiger partial charge is 0.489 e. The molecule has 2 saturated heterocycles. The van der Waals surface area contributed by atoms with Crippen molar-refractivity contribution in [2.75, 3.05) is 43.2 Å². The molecule has 0 radical (unpaired) electrons. The fraction of sp³-hybridized carbons (Fsp3) is 0.560. The molecule has 1 aromatic carbocycles. The number of ether oxygens (including phenoxy) is 2. The van der Waals surface area contributed by atoms with Crippen molar-refractivity contribution in [1.82, 2.24) is 9.97 Å². The van der Waals surface area contributed by atoms with Gasteiger partial charge in [-0.25, -0.2) is 9.37 Å². The number of carbonyl (C=O) groups excluding carboxylic acids is 1. The number of benzene rings is 1. The average molecular weight is 457 g/mol. The molecule has 0 N–H and O–H groups in total. The van der Waals surface area contributed by atoms with Gasteiger partial charge in [0.2, 0.25) is 5.95 Å². The van der Waals surface area contributed by atoms with Crippen LogP contribution in [0.1, 0.15) is 51.0 Å². The van der Waals surface area contributed by atoms with E-state index >= 15 is 0 Å². The molecule has 2 aromatic rings. The number of methoxy groups -OCH3 is 1. The van der Waals surface area contributed by atoms with E-state index < -0.39 is 5.82 Å². The van der Waals surface area contributed by atoms with Crippen molar-refractivity contribution in [3.63, 3.8) is 0 Å². The Hall–Kier alpha value is -2.74. The standard InChI is InChI=1S/C25H33FN4O3/c1-17(13-18(2)31)19-6-8-21(9-7-19)33-22-10-12-29(15-22)24-23(26)14-27-25(28-24)30-11-4-5-20(30)16-32-3/h6-9,14,17,20,22H,4-5,10-13,15-16H2,1-3H3/t17-,20-,22-/m1/s1. The lowest BCUT2D eigenvalue weighted by atomic mass is 9.96. The molecule has 3 atom stereocenters. The van der Waals surface area contributed by atoms with Gasteiger partial charge in [0.05, 0.1) is 25.4 Å². The van der Waals surface area contributed by atoms with Crippen LogP contribution in [0, 0.1) is 5.82 Å². The van der Waals surface area contributed by atoms with Crippen LogP contribution in [0.25, 0.3) is 0 Å². The third-order valence-electron chi connectivity index (χ3n) is 6.50. The van der Waals surface area contributed by atoms with Crippen LogP contribution in [0.4, 0.5) is 16.2 Å². The summed E-state index contributed by atoms with van der Waals surface area (Å²) in [6.45, 7) is 6.38. The molecule has 2 aliphatic rings. The van der Waals surface area contributed by atoms with Gasteiger partial charge in [0.15, 0.2) is 11.6 Å². The first-order valence-corrected chi connectivity index (χ1v) is 11.7. The number of hydrogen-bond donors (Lipinski definition) is 0. The Morgan fingerprint density at radius 2 is 2.03 bits per heavy atom. The van der Waals surface area contributed by atoms with Crippen LogP contribution in [0.3, 0.4) is 0 Å². The Kier molecular flexibility index (Phi) is 7.42. The fourth-order valence-electron chi connectivity index (χ4n) is 4.81. The zero-order valence-electron chi connectivity index (χ0n) is 19.7. The maximum Gasteiger partial charge on any atom is 0.227 e. The topological polar surface area (TPSA) is 67.8 Å². The van der Waals surface area contributed by atoms with Crippen LogP contribution in [0.15, 0.2) is 30.5 Å². The van der Waals surface area contributed by atoms with Gasteiger partial charge < -0.3 is 24.1 Å². The number of carbonyl (C=O) groups is 1. The van der Waals surface area contributed by atoms with Crippen LogP contribution >= 0.6 is 0 Å². The van der Waals surface area contributed by atoms with E-state index in [1.165, 1.54) is 6.20 Å². The maximum absolute atomic E-state index is 14.6. The normalized spacial score (nSPS) is 21.5. The molecule has 178 valence electrons. The highest BCUT2D eigenvalue weighted by Crippen LogP contribution is 2.29. The number of ketones is 1. The summed E-state index contributed by atoms with van der Waals surface area (Å²) in [6, 6.07) is 8.14. The fourth-order valence-corrected chi connectivity index (χ4v) is 4.81. The third kappa shape index (κ3) is 5.61. The zero-order chi connectivity index (χ0) is 23.4. The first kappa shape index (κ1) is 23.4. The SMILES string of the molecule is COC[C@H]1CCCN1c1ncc(F)c(N2CC[C@@H](Oc3ccc([C@H](C)CC(C)=O)cc3)C2)n1. The second kappa shape index (κ2) is 10.5. The first-order chi connectivity index (χ1) is 15.9. The van der Waals surface area contributed by atoms with Crippen LogP contribution in [-0.2, 0) is 9.53 Å². The Morgan fingerprint density at radius 3 is 2.76 bits per heavy atom. The summed E-state index contributed by atoms with van der Waals surface area (Å²) in [5, 5.41) is 0. The molecule has 2 aliphatic heterocycles. The van der Waals surface area contributed by atoms with E-state index in [1.54, 1.807) is 14.0 Å². The van der Waals surface area contributed by atoms with Crippen molar-refractivity contribution in [3.8, 4) is 5.75 Å². The van der Waals surface area contributed by atoms with Crippen LogP contribution in [-0.4, -0.2) is 61.2 Å². The molecule has 7 nitrogen and oxygen atoms in total. The summed E-state index contributed by atoms with van der Waals surface area (Å²) in [4.78, 5) is 24.3. The van der Waals surface area contributed by atoms with Crippen molar-refractivity contribution in [2.24, 2.45) is 0 Å². The monoisotopic (exact) mass is 456 g/mol. The molecule has 0 unspecified atom stereocenters. The number of halogens is 1. The molecule has 0 saturated carbocycles. The summed E-state index contributed by atoms with van der Waals surface area (Å²) in [7, 11) is 1.69. The number of anilines is 2. The minimum Gasteiger partial charge on any atom is -0.489 e. The lowest BCUT2D eigenvalue weighted by Crippen LogP contribution is -2.35. The van der Waals surface area contributed by atoms with Crippen molar-refractivity contribution < 1.29 is 18.7 Å². The van der Waals surface area contributed by atoms with E-state index in [0.717, 1.165) is 37.1 Å². The molecular weight excluding hydrogens is 423 g/mol. The zero-order valence-corrected chi connectivity index (χ0v) is 19.7. The Balaban J connectivity index is 1.39. The van der Waals surface area contributed by atoms with Crippen molar-refractivity contribution in [1.29, 1.82) is 0 Å². The number of hydrogen-bond acceptors (Lipinski definition) is 7. The number of Topliss-reactive ketones (excluding diaryl/α,β-unsaturated/α-hetero) is 1. The average Bonchev–Trinajstić information content (AvgIpc) is 3.44. The van der Waals surface area contributed by atoms with Crippen molar-refractivity contribution in [2.45, 2.75) is 57.6 Å². The smallest absolute Gasteiger partial charge is 0.227 e. The molecule has 2 fully saturated rings. The van der Waals surface area contributed by atoms with Crippen LogP contribution in [0.5, 0.6) is 5.75 Å².